The Kier molecular flexibility index (Phi) is 6.79. The van der Waals surface area contributed by atoms with Crippen molar-refractivity contribution >= 4 is 40.3 Å². The lowest BCUT2D eigenvalue weighted by Crippen LogP contribution is -2.36. The molecule has 0 spiro atoms. The number of aryl methyl sites for hydroxylation is 1. The average molecular weight is 432 g/mol. The molecule has 0 unspecified atom stereocenters. The van der Waals surface area contributed by atoms with Gasteiger partial charge in [0.1, 0.15) is 5.82 Å². The summed E-state index contributed by atoms with van der Waals surface area (Å²) >= 11 is 0. The number of hydrogen-bond donors (Lipinski definition) is 5. The summed E-state index contributed by atoms with van der Waals surface area (Å²) < 4.78 is 0. The first-order chi connectivity index (χ1) is 15.3. The van der Waals surface area contributed by atoms with E-state index in [-0.39, 0.29) is 17.6 Å². The second kappa shape index (κ2) is 9.69. The van der Waals surface area contributed by atoms with Crippen LogP contribution in [-0.4, -0.2) is 34.0 Å². The molecule has 0 saturated heterocycles. The van der Waals surface area contributed by atoms with Gasteiger partial charge in [-0.25, -0.2) is 4.98 Å². The van der Waals surface area contributed by atoms with Gasteiger partial charge in [-0.05, 0) is 61.5 Å². The molecule has 0 saturated carbocycles. The molecule has 32 heavy (non-hydrogen) atoms. The van der Waals surface area contributed by atoms with Crippen LogP contribution in [0.5, 0.6) is 0 Å². The number of benzene rings is 1. The number of amides is 2. The Morgan fingerprint density at radius 3 is 2.62 bits per heavy atom. The number of carbonyl (C=O) groups is 2. The lowest BCUT2D eigenvalue weighted by Gasteiger charge is -2.11. The minimum Gasteiger partial charge on any atom is -0.398 e. The first-order valence-electron chi connectivity index (χ1n) is 9.97. The van der Waals surface area contributed by atoms with Crippen LogP contribution in [-0.2, 0) is 9.59 Å². The fourth-order valence-electron chi connectivity index (χ4n) is 3.01. The molecule has 0 radical (unpaired) electrons. The molecule has 164 valence electrons. The Morgan fingerprint density at radius 2 is 1.94 bits per heavy atom. The van der Waals surface area contributed by atoms with Gasteiger partial charge in [0.25, 0.3) is 0 Å². The van der Waals surface area contributed by atoms with Crippen molar-refractivity contribution < 1.29 is 9.59 Å². The summed E-state index contributed by atoms with van der Waals surface area (Å²) in [5.41, 5.74) is 9.82. The predicted molar refractivity (Wildman–Crippen MR) is 126 cm³/mol. The van der Waals surface area contributed by atoms with Crippen LogP contribution in [0.25, 0.3) is 21.9 Å². The van der Waals surface area contributed by atoms with Crippen molar-refractivity contribution in [2.75, 3.05) is 11.1 Å². The van der Waals surface area contributed by atoms with E-state index in [0.717, 1.165) is 33.7 Å². The van der Waals surface area contributed by atoms with Crippen molar-refractivity contribution in [3.8, 4) is 11.1 Å². The highest BCUT2D eigenvalue weighted by Gasteiger charge is 2.16. The SMILES string of the molecule is Cc1ccncc1-c1cc(N)c2cnc(NC(=O)C(=O)N/C(C=N)=C/NC(C)C)cc2c1. The van der Waals surface area contributed by atoms with Gasteiger partial charge < -0.3 is 27.1 Å². The Labute approximate surface area is 185 Å². The molecule has 3 rings (SSSR count). The average Bonchev–Trinajstić information content (AvgIpc) is 2.76. The molecule has 0 aliphatic carbocycles. The molecule has 0 aliphatic heterocycles. The Hall–Kier alpha value is -4.27. The molecule has 3 aromatic rings. The minimum atomic E-state index is -0.911. The monoisotopic (exact) mass is 431 g/mol. The number of nitrogens with one attached hydrogen (secondary N) is 4. The van der Waals surface area contributed by atoms with Crippen LogP contribution in [0.1, 0.15) is 19.4 Å². The van der Waals surface area contributed by atoms with Gasteiger partial charge in [-0.1, -0.05) is 0 Å². The van der Waals surface area contributed by atoms with Crippen LogP contribution >= 0.6 is 0 Å². The molecule has 9 nitrogen and oxygen atoms in total. The van der Waals surface area contributed by atoms with Crippen molar-refractivity contribution in [2.45, 2.75) is 26.8 Å². The molecular formula is C23H25N7O2. The maximum Gasteiger partial charge on any atom is 0.315 e. The number of pyridine rings is 2. The van der Waals surface area contributed by atoms with Crippen LogP contribution in [0.15, 0.2) is 54.8 Å². The zero-order valence-electron chi connectivity index (χ0n) is 18.1. The number of aromatic nitrogens is 2. The van der Waals surface area contributed by atoms with E-state index in [4.69, 9.17) is 11.1 Å². The highest BCUT2D eigenvalue weighted by molar-refractivity contribution is 6.40. The van der Waals surface area contributed by atoms with E-state index in [1.54, 1.807) is 24.7 Å². The Bertz CT molecular complexity index is 1220. The summed E-state index contributed by atoms with van der Waals surface area (Å²) in [6, 6.07) is 7.47. The smallest absolute Gasteiger partial charge is 0.315 e. The van der Waals surface area contributed by atoms with Crippen LogP contribution in [0.4, 0.5) is 11.5 Å². The highest BCUT2D eigenvalue weighted by atomic mass is 16.2. The zero-order chi connectivity index (χ0) is 23.3. The third-order valence-electron chi connectivity index (χ3n) is 4.65. The summed E-state index contributed by atoms with van der Waals surface area (Å²) in [5, 5.41) is 16.7. The molecule has 0 aliphatic rings. The maximum absolute atomic E-state index is 12.3. The van der Waals surface area contributed by atoms with Crippen molar-refractivity contribution in [2.24, 2.45) is 0 Å². The lowest BCUT2D eigenvalue weighted by atomic mass is 9.99. The number of rotatable bonds is 6. The number of allylic oxidation sites excluding steroid dienone is 1. The number of fused-ring (bicyclic) bond motifs is 1. The second-order valence-electron chi connectivity index (χ2n) is 7.52. The van der Waals surface area contributed by atoms with E-state index in [2.05, 4.69) is 25.9 Å². The number of carbonyl (C=O) groups excluding carboxylic acids is 2. The molecule has 0 bridgehead atoms. The van der Waals surface area contributed by atoms with E-state index >= 15 is 0 Å². The second-order valence-corrected chi connectivity index (χ2v) is 7.52. The summed E-state index contributed by atoms with van der Waals surface area (Å²) in [6.45, 7) is 5.81. The summed E-state index contributed by atoms with van der Waals surface area (Å²) in [4.78, 5) is 32.9. The van der Waals surface area contributed by atoms with Crippen LogP contribution in [0.3, 0.4) is 0 Å². The molecule has 2 amide bonds. The minimum absolute atomic E-state index is 0.116. The molecule has 0 atom stereocenters. The topological polar surface area (TPSA) is 146 Å². The van der Waals surface area contributed by atoms with E-state index in [0.29, 0.717) is 5.69 Å². The highest BCUT2D eigenvalue weighted by Crippen LogP contribution is 2.31. The predicted octanol–water partition coefficient (Wildman–Crippen LogP) is 2.73. The van der Waals surface area contributed by atoms with Gasteiger partial charge in [0.2, 0.25) is 0 Å². The molecule has 9 heteroatoms. The molecule has 1 aromatic carbocycles. The summed E-state index contributed by atoms with van der Waals surface area (Å²) in [6.07, 6.45) is 7.45. The van der Waals surface area contributed by atoms with Crippen molar-refractivity contribution in [3.05, 3.63) is 60.3 Å². The van der Waals surface area contributed by atoms with Gasteiger partial charge in [0.05, 0.1) is 5.70 Å². The summed E-state index contributed by atoms with van der Waals surface area (Å²) in [5.74, 6) is -1.61. The third kappa shape index (κ3) is 5.25. The first-order valence-corrected chi connectivity index (χ1v) is 9.97. The quantitative estimate of drug-likeness (QED) is 0.230. The molecular weight excluding hydrogens is 406 g/mol. The molecule has 0 fully saturated rings. The van der Waals surface area contributed by atoms with Crippen molar-refractivity contribution in [1.82, 2.24) is 20.6 Å². The normalized spacial score (nSPS) is 11.3. The van der Waals surface area contributed by atoms with E-state index in [1.165, 1.54) is 6.20 Å². The maximum atomic E-state index is 12.3. The number of hydrogen-bond acceptors (Lipinski definition) is 7. The summed E-state index contributed by atoms with van der Waals surface area (Å²) in [7, 11) is 0. The molecule has 2 aromatic heterocycles. The van der Waals surface area contributed by atoms with Gasteiger partial charge in [-0.3, -0.25) is 14.6 Å². The third-order valence-corrected chi connectivity index (χ3v) is 4.65. The number of nitrogen functional groups attached to an aromatic ring is 1. The van der Waals surface area contributed by atoms with Gasteiger partial charge in [-0.15, -0.1) is 0 Å². The molecule has 2 heterocycles. The lowest BCUT2D eigenvalue weighted by molar-refractivity contribution is -0.135. The van der Waals surface area contributed by atoms with E-state index in [1.807, 2.05) is 39.0 Å². The van der Waals surface area contributed by atoms with Crippen molar-refractivity contribution in [3.63, 3.8) is 0 Å². The fourth-order valence-corrected chi connectivity index (χ4v) is 3.01. The standard InChI is InChI=1S/C23H25N7O2/c1-13(2)27-10-17(9-24)29-22(31)23(32)30-21-8-16-6-15(7-20(25)19(16)12-28-21)18-11-26-5-4-14(18)3/h4-13,24,27H,25H2,1-3H3,(H,29,31)(H,28,30,32)/b17-10+,24-9?. The Balaban J connectivity index is 1.82. The van der Waals surface area contributed by atoms with Crippen LogP contribution in [0, 0.1) is 12.3 Å². The number of anilines is 2. The molecule has 6 N–H and O–H groups in total. The van der Waals surface area contributed by atoms with Gasteiger partial charge in [0, 0.05) is 53.7 Å². The van der Waals surface area contributed by atoms with E-state index in [9.17, 15) is 9.59 Å². The van der Waals surface area contributed by atoms with Crippen molar-refractivity contribution in [1.29, 1.82) is 5.41 Å². The van der Waals surface area contributed by atoms with E-state index < -0.39 is 11.8 Å². The van der Waals surface area contributed by atoms with Crippen LogP contribution in [0.2, 0.25) is 0 Å². The van der Waals surface area contributed by atoms with Gasteiger partial charge >= 0.3 is 11.8 Å². The first kappa shape index (κ1) is 22.4. The van der Waals surface area contributed by atoms with Gasteiger partial charge in [0.15, 0.2) is 0 Å². The zero-order valence-corrected chi connectivity index (χ0v) is 18.1. The largest absolute Gasteiger partial charge is 0.398 e. The number of nitrogens with zero attached hydrogens (tertiary/aromatic N) is 2. The van der Waals surface area contributed by atoms with Crippen LogP contribution < -0.4 is 21.7 Å². The Morgan fingerprint density at radius 1 is 1.16 bits per heavy atom. The number of nitrogens with two attached hydrogens (primary N) is 1. The van der Waals surface area contributed by atoms with Gasteiger partial charge in [-0.2, -0.15) is 0 Å². The fraction of sp³-hybridized carbons (Fsp3) is 0.174.